The number of aromatic amines is 1. The number of rotatable bonds is 4. The highest BCUT2D eigenvalue weighted by atomic mass is 79.9. The number of carboxylic acids is 1. The molecule has 0 fully saturated rings. The van der Waals surface area contributed by atoms with Crippen LogP contribution in [0.2, 0.25) is 0 Å². The maximum Gasteiger partial charge on any atom is 0.316 e. The molecular weight excluding hydrogens is 318 g/mol. The second-order valence-corrected chi connectivity index (χ2v) is 5.71. The summed E-state index contributed by atoms with van der Waals surface area (Å²) in [5, 5.41) is 15.5. The SMILES string of the molecule is C[C@@H](Sc1n[nH]c(-c2ccccc2Br)n1)C(=O)O. The maximum atomic E-state index is 10.7. The average molecular weight is 328 g/mol. The molecule has 7 heteroatoms. The van der Waals surface area contributed by atoms with Gasteiger partial charge in [0.2, 0.25) is 5.16 Å². The molecule has 2 aromatic rings. The molecule has 0 aliphatic carbocycles. The standard InChI is InChI=1S/C11H10BrN3O2S/c1-6(10(16)17)18-11-13-9(14-15-11)7-4-2-3-5-8(7)12/h2-6H,1H3,(H,16,17)(H,13,14,15)/t6-/m1/s1. The van der Waals surface area contributed by atoms with Gasteiger partial charge in [-0.2, -0.15) is 0 Å². The third-order valence-corrected chi connectivity index (χ3v) is 3.86. The van der Waals surface area contributed by atoms with E-state index >= 15 is 0 Å². The fourth-order valence-electron chi connectivity index (χ4n) is 1.28. The third kappa shape index (κ3) is 2.91. The molecule has 2 N–H and O–H groups in total. The van der Waals surface area contributed by atoms with Gasteiger partial charge in [0.25, 0.3) is 0 Å². The Morgan fingerprint density at radius 3 is 2.89 bits per heavy atom. The molecule has 94 valence electrons. The largest absolute Gasteiger partial charge is 0.480 e. The number of carboxylic acid groups (broad SMARTS) is 1. The lowest BCUT2D eigenvalue weighted by Gasteiger charge is -2.00. The summed E-state index contributed by atoms with van der Waals surface area (Å²) in [4.78, 5) is 15.0. The number of aromatic nitrogens is 3. The molecule has 0 aliphatic heterocycles. The van der Waals surface area contributed by atoms with E-state index in [0.29, 0.717) is 11.0 Å². The summed E-state index contributed by atoms with van der Waals surface area (Å²) < 4.78 is 0.906. The Labute approximate surface area is 116 Å². The van der Waals surface area contributed by atoms with E-state index in [2.05, 4.69) is 31.1 Å². The van der Waals surface area contributed by atoms with E-state index in [4.69, 9.17) is 5.11 Å². The Bertz CT molecular complexity index is 573. The molecule has 0 saturated heterocycles. The number of halogens is 1. The maximum absolute atomic E-state index is 10.7. The smallest absolute Gasteiger partial charge is 0.316 e. The average Bonchev–Trinajstić information content (AvgIpc) is 2.77. The molecule has 0 saturated carbocycles. The monoisotopic (exact) mass is 327 g/mol. The second kappa shape index (κ2) is 5.53. The van der Waals surface area contributed by atoms with Gasteiger partial charge in [-0.15, -0.1) is 5.10 Å². The van der Waals surface area contributed by atoms with Crippen molar-refractivity contribution in [1.29, 1.82) is 0 Å². The van der Waals surface area contributed by atoms with Crippen LogP contribution in [-0.2, 0) is 4.79 Å². The quantitative estimate of drug-likeness (QED) is 0.844. The molecule has 5 nitrogen and oxygen atoms in total. The number of nitrogens with one attached hydrogen (secondary N) is 1. The van der Waals surface area contributed by atoms with E-state index in [0.717, 1.165) is 21.8 Å². The van der Waals surface area contributed by atoms with Crippen molar-refractivity contribution in [3.05, 3.63) is 28.7 Å². The van der Waals surface area contributed by atoms with Crippen LogP contribution >= 0.6 is 27.7 Å². The van der Waals surface area contributed by atoms with E-state index in [1.54, 1.807) is 6.92 Å². The molecule has 18 heavy (non-hydrogen) atoms. The van der Waals surface area contributed by atoms with Crippen molar-refractivity contribution in [3.8, 4) is 11.4 Å². The minimum Gasteiger partial charge on any atom is -0.480 e. The number of carbonyl (C=O) groups is 1. The lowest BCUT2D eigenvalue weighted by Crippen LogP contribution is -2.11. The molecule has 2 rings (SSSR count). The predicted molar refractivity (Wildman–Crippen MR) is 72.5 cm³/mol. The van der Waals surface area contributed by atoms with Gasteiger partial charge in [0.15, 0.2) is 5.82 Å². The number of H-pyrrole nitrogens is 1. The summed E-state index contributed by atoms with van der Waals surface area (Å²) >= 11 is 4.53. The first-order valence-corrected chi connectivity index (χ1v) is 6.82. The van der Waals surface area contributed by atoms with Gasteiger partial charge < -0.3 is 5.11 Å². The molecule has 0 unspecified atom stereocenters. The van der Waals surface area contributed by atoms with E-state index in [-0.39, 0.29) is 0 Å². The van der Waals surface area contributed by atoms with Gasteiger partial charge in [-0.25, -0.2) is 4.98 Å². The number of hydrogen-bond acceptors (Lipinski definition) is 4. The van der Waals surface area contributed by atoms with Crippen LogP contribution in [0.25, 0.3) is 11.4 Å². The van der Waals surface area contributed by atoms with Crippen molar-refractivity contribution in [2.45, 2.75) is 17.3 Å². The van der Waals surface area contributed by atoms with Gasteiger partial charge in [-0.1, -0.05) is 45.9 Å². The van der Waals surface area contributed by atoms with Crippen LogP contribution in [-0.4, -0.2) is 31.5 Å². The topological polar surface area (TPSA) is 78.9 Å². The number of hydrogen-bond donors (Lipinski definition) is 2. The minimum atomic E-state index is -0.882. The second-order valence-electron chi connectivity index (χ2n) is 3.54. The fourth-order valence-corrected chi connectivity index (χ4v) is 2.41. The number of benzene rings is 1. The highest BCUT2D eigenvalue weighted by Crippen LogP contribution is 2.27. The van der Waals surface area contributed by atoms with Gasteiger partial charge >= 0.3 is 5.97 Å². The van der Waals surface area contributed by atoms with Crippen molar-refractivity contribution >= 4 is 33.7 Å². The van der Waals surface area contributed by atoms with Crippen molar-refractivity contribution in [1.82, 2.24) is 15.2 Å². The van der Waals surface area contributed by atoms with Gasteiger partial charge in [0, 0.05) is 10.0 Å². The summed E-state index contributed by atoms with van der Waals surface area (Å²) in [7, 11) is 0. The van der Waals surface area contributed by atoms with Crippen LogP contribution in [0.15, 0.2) is 33.9 Å². The fraction of sp³-hybridized carbons (Fsp3) is 0.182. The van der Waals surface area contributed by atoms with Gasteiger partial charge in [0.1, 0.15) is 5.25 Å². The lowest BCUT2D eigenvalue weighted by atomic mass is 10.2. The van der Waals surface area contributed by atoms with Crippen LogP contribution in [0.5, 0.6) is 0 Å². The molecule has 1 heterocycles. The molecule has 0 bridgehead atoms. The molecule has 1 atom stereocenters. The number of aliphatic carboxylic acids is 1. The molecule has 0 amide bonds. The first kappa shape index (κ1) is 13.1. The van der Waals surface area contributed by atoms with Crippen LogP contribution in [0, 0.1) is 0 Å². The summed E-state index contributed by atoms with van der Waals surface area (Å²) in [6, 6.07) is 7.62. The van der Waals surface area contributed by atoms with Crippen LogP contribution in [0.4, 0.5) is 0 Å². The molecule has 0 aliphatic rings. The first-order valence-electron chi connectivity index (χ1n) is 5.14. The van der Waals surface area contributed by atoms with Crippen molar-refractivity contribution in [2.75, 3.05) is 0 Å². The summed E-state index contributed by atoms with van der Waals surface area (Å²) in [5.41, 5.74) is 0.889. The number of thioether (sulfide) groups is 1. The van der Waals surface area contributed by atoms with E-state index in [1.165, 1.54) is 0 Å². The highest BCUT2D eigenvalue weighted by Gasteiger charge is 2.16. The van der Waals surface area contributed by atoms with E-state index in [9.17, 15) is 4.79 Å². The van der Waals surface area contributed by atoms with Crippen molar-refractivity contribution < 1.29 is 9.90 Å². The zero-order chi connectivity index (χ0) is 13.1. The number of nitrogens with zero attached hydrogens (tertiary/aromatic N) is 2. The van der Waals surface area contributed by atoms with Crippen molar-refractivity contribution in [3.63, 3.8) is 0 Å². The normalized spacial score (nSPS) is 12.3. The Morgan fingerprint density at radius 1 is 1.50 bits per heavy atom. The van der Waals surface area contributed by atoms with Gasteiger partial charge in [-0.05, 0) is 13.0 Å². The summed E-state index contributed by atoms with van der Waals surface area (Å²) in [5.74, 6) is -0.269. The van der Waals surface area contributed by atoms with E-state index in [1.807, 2.05) is 24.3 Å². The Morgan fingerprint density at radius 2 is 2.22 bits per heavy atom. The molecule has 0 radical (unpaired) electrons. The van der Waals surface area contributed by atoms with Crippen LogP contribution < -0.4 is 0 Å². The first-order chi connectivity index (χ1) is 8.58. The Balaban J connectivity index is 2.21. The van der Waals surface area contributed by atoms with Gasteiger partial charge in [-0.3, -0.25) is 9.89 Å². The van der Waals surface area contributed by atoms with Crippen LogP contribution in [0.1, 0.15) is 6.92 Å². The zero-order valence-electron chi connectivity index (χ0n) is 9.42. The third-order valence-electron chi connectivity index (χ3n) is 2.22. The molecular formula is C11H10BrN3O2S. The van der Waals surface area contributed by atoms with Gasteiger partial charge in [0.05, 0.1) is 0 Å². The summed E-state index contributed by atoms with van der Waals surface area (Å²) in [6.45, 7) is 1.60. The molecule has 1 aromatic carbocycles. The predicted octanol–water partition coefficient (Wildman–Crippen LogP) is 2.80. The highest BCUT2D eigenvalue weighted by molar-refractivity contribution is 9.10. The van der Waals surface area contributed by atoms with E-state index < -0.39 is 11.2 Å². The van der Waals surface area contributed by atoms with Crippen LogP contribution in [0.3, 0.4) is 0 Å². The minimum absolute atomic E-state index is 0.427. The molecule has 1 aromatic heterocycles. The Hall–Kier alpha value is -1.34. The summed E-state index contributed by atoms with van der Waals surface area (Å²) in [6.07, 6.45) is 0. The lowest BCUT2D eigenvalue weighted by molar-refractivity contribution is -0.136. The van der Waals surface area contributed by atoms with Crippen molar-refractivity contribution in [2.24, 2.45) is 0 Å². The molecule has 0 spiro atoms. The zero-order valence-corrected chi connectivity index (χ0v) is 11.8. The Kier molecular flexibility index (Phi) is 4.03.